The number of likely N-dealkylation sites (N-methyl/N-ethyl adjacent to an activating group) is 1. The number of hydrogen-bond donors (Lipinski definition) is 1. The fraction of sp³-hybridized carbons (Fsp3) is 0.462. The van der Waals surface area contributed by atoms with Crippen molar-refractivity contribution in [3.8, 4) is 0 Å². The van der Waals surface area contributed by atoms with Gasteiger partial charge in [-0.3, -0.25) is 0 Å². The molecule has 0 spiro atoms. The molecule has 0 saturated carbocycles. The number of hydrogen-bond acceptors (Lipinski definition) is 3. The second kappa shape index (κ2) is 10.7. The first-order valence-electron chi connectivity index (χ1n) is 11.5. The zero-order chi connectivity index (χ0) is 25.8. The van der Waals surface area contributed by atoms with Gasteiger partial charge in [-0.2, -0.15) is 13.2 Å². The second-order valence-corrected chi connectivity index (χ2v) is 9.25. The van der Waals surface area contributed by atoms with Gasteiger partial charge in [-0.05, 0) is 55.0 Å². The Morgan fingerprint density at radius 3 is 2.17 bits per heavy atom. The molecule has 2 atom stereocenters. The van der Waals surface area contributed by atoms with Crippen molar-refractivity contribution in [3.63, 3.8) is 0 Å². The van der Waals surface area contributed by atoms with Crippen molar-refractivity contribution in [2.24, 2.45) is 0 Å². The summed E-state index contributed by atoms with van der Waals surface area (Å²) in [4.78, 5) is 27.4. The molecule has 0 radical (unpaired) electrons. The van der Waals surface area contributed by atoms with Crippen molar-refractivity contribution in [2.45, 2.75) is 57.0 Å². The van der Waals surface area contributed by atoms with Gasteiger partial charge in [-0.15, -0.1) is 0 Å². The van der Waals surface area contributed by atoms with Gasteiger partial charge in [0.1, 0.15) is 0 Å². The number of ether oxygens (including phenoxy) is 1. The highest BCUT2D eigenvalue weighted by Gasteiger charge is 2.35. The molecular formula is C26H31F3N2O4. The molecule has 190 valence electrons. The number of aliphatic carboxylic acids is 1. The van der Waals surface area contributed by atoms with Crippen LogP contribution < -0.4 is 0 Å². The van der Waals surface area contributed by atoms with Crippen LogP contribution in [0.25, 0.3) is 0 Å². The minimum absolute atomic E-state index is 0.0363. The minimum atomic E-state index is -4.38. The fourth-order valence-electron chi connectivity index (χ4n) is 4.26. The highest BCUT2D eigenvalue weighted by Crippen LogP contribution is 2.29. The van der Waals surface area contributed by atoms with Crippen LogP contribution in [0, 0.1) is 0 Å². The molecule has 1 saturated heterocycles. The van der Waals surface area contributed by atoms with Crippen LogP contribution in [0.15, 0.2) is 48.5 Å². The lowest BCUT2D eigenvalue weighted by atomic mass is 9.95. The van der Waals surface area contributed by atoms with E-state index in [0.29, 0.717) is 12.1 Å². The summed E-state index contributed by atoms with van der Waals surface area (Å²) >= 11 is 0. The molecule has 2 aromatic carbocycles. The third-order valence-corrected chi connectivity index (χ3v) is 6.68. The topological polar surface area (TPSA) is 70.1 Å². The smallest absolute Gasteiger partial charge is 0.416 e. The lowest BCUT2D eigenvalue weighted by Crippen LogP contribution is -2.39. The number of nitrogens with zero attached hydrogens (tertiary/aromatic N) is 2. The van der Waals surface area contributed by atoms with Gasteiger partial charge in [0.25, 0.3) is 0 Å². The molecule has 1 N–H and O–H groups in total. The van der Waals surface area contributed by atoms with E-state index in [1.807, 2.05) is 24.3 Å². The minimum Gasteiger partial charge on any atom is -0.479 e. The Kier molecular flexibility index (Phi) is 8.10. The number of urea groups is 1. The van der Waals surface area contributed by atoms with E-state index in [0.717, 1.165) is 42.5 Å². The van der Waals surface area contributed by atoms with Crippen LogP contribution in [-0.4, -0.2) is 59.3 Å². The van der Waals surface area contributed by atoms with Crippen molar-refractivity contribution < 1.29 is 32.6 Å². The fourth-order valence-corrected chi connectivity index (χ4v) is 4.26. The van der Waals surface area contributed by atoms with E-state index in [-0.39, 0.29) is 25.0 Å². The number of alkyl halides is 3. The van der Waals surface area contributed by atoms with E-state index < -0.39 is 23.3 Å². The monoisotopic (exact) mass is 492 g/mol. The summed E-state index contributed by atoms with van der Waals surface area (Å²) in [5.41, 5.74) is 0.685. The maximum atomic E-state index is 12.8. The quantitative estimate of drug-likeness (QED) is 0.507. The van der Waals surface area contributed by atoms with Gasteiger partial charge < -0.3 is 19.6 Å². The molecule has 2 amide bonds. The van der Waals surface area contributed by atoms with E-state index in [9.17, 15) is 27.9 Å². The Bertz CT molecular complexity index is 1020. The highest BCUT2D eigenvalue weighted by molar-refractivity contribution is 5.77. The zero-order valence-corrected chi connectivity index (χ0v) is 20.1. The first kappa shape index (κ1) is 26.5. The summed E-state index contributed by atoms with van der Waals surface area (Å²) in [5.74, 6) is -1.01. The largest absolute Gasteiger partial charge is 0.479 e. The summed E-state index contributed by atoms with van der Waals surface area (Å²) in [7, 11) is 3.14. The number of carbonyl (C=O) groups excluding carboxylic acids is 1. The van der Waals surface area contributed by atoms with Crippen LogP contribution >= 0.6 is 0 Å². The molecule has 1 fully saturated rings. The van der Waals surface area contributed by atoms with Gasteiger partial charge in [0.2, 0.25) is 0 Å². The zero-order valence-electron chi connectivity index (χ0n) is 20.1. The standard InChI is InChI=1S/C26H31F3N2O4/c1-25(35-3,23(32)33)15-19-9-7-18(8-10-19)5-4-6-22-17-31(24(34)30(22)2)16-20-11-13-21(14-12-20)26(27,28)29/h7-14,22H,4-6,15-17H2,1-3H3,(H,32,33). The van der Waals surface area contributed by atoms with E-state index in [1.165, 1.54) is 19.2 Å². The first-order chi connectivity index (χ1) is 16.4. The van der Waals surface area contributed by atoms with E-state index in [2.05, 4.69) is 0 Å². The van der Waals surface area contributed by atoms with Crippen molar-refractivity contribution in [3.05, 3.63) is 70.8 Å². The van der Waals surface area contributed by atoms with Gasteiger partial charge in [-0.25, -0.2) is 9.59 Å². The summed E-state index contributed by atoms with van der Waals surface area (Å²) in [6.45, 7) is 2.35. The normalized spacial score (nSPS) is 18.1. The molecule has 35 heavy (non-hydrogen) atoms. The van der Waals surface area contributed by atoms with Gasteiger partial charge in [0.15, 0.2) is 5.60 Å². The molecule has 1 aliphatic heterocycles. The average molecular weight is 493 g/mol. The maximum absolute atomic E-state index is 12.8. The van der Waals surface area contributed by atoms with Crippen LogP contribution in [0.4, 0.5) is 18.0 Å². The molecule has 1 aliphatic rings. The van der Waals surface area contributed by atoms with Crippen molar-refractivity contribution in [2.75, 3.05) is 20.7 Å². The Morgan fingerprint density at radius 1 is 1.06 bits per heavy atom. The Morgan fingerprint density at radius 2 is 1.63 bits per heavy atom. The molecule has 2 unspecified atom stereocenters. The summed E-state index contributed by atoms with van der Waals surface area (Å²) in [5, 5.41) is 9.35. The Labute approximate surface area is 203 Å². The number of benzene rings is 2. The Hall–Kier alpha value is -3.07. The molecule has 9 heteroatoms. The van der Waals surface area contributed by atoms with E-state index in [1.54, 1.807) is 23.8 Å². The highest BCUT2D eigenvalue weighted by atomic mass is 19.4. The number of carboxylic acid groups (broad SMARTS) is 1. The van der Waals surface area contributed by atoms with Crippen molar-refractivity contribution in [1.29, 1.82) is 0 Å². The SMILES string of the molecule is COC(C)(Cc1ccc(CCCC2CN(Cc3ccc(C(F)(F)F)cc3)C(=O)N2C)cc1)C(=O)O. The van der Waals surface area contributed by atoms with E-state index in [4.69, 9.17) is 4.74 Å². The molecule has 0 bridgehead atoms. The summed E-state index contributed by atoms with van der Waals surface area (Å²) in [6, 6.07) is 12.6. The van der Waals surface area contributed by atoms with Gasteiger partial charge in [0.05, 0.1) is 11.6 Å². The van der Waals surface area contributed by atoms with Crippen LogP contribution in [0.5, 0.6) is 0 Å². The van der Waals surface area contributed by atoms with Gasteiger partial charge in [-0.1, -0.05) is 36.4 Å². The summed E-state index contributed by atoms with van der Waals surface area (Å²) < 4.78 is 43.4. The van der Waals surface area contributed by atoms with Crippen LogP contribution in [0.3, 0.4) is 0 Å². The predicted octanol–water partition coefficient (Wildman–Crippen LogP) is 5.00. The number of carbonyl (C=O) groups is 2. The maximum Gasteiger partial charge on any atom is 0.416 e. The molecule has 1 heterocycles. The number of aryl methyl sites for hydroxylation is 1. The summed E-state index contributed by atoms with van der Waals surface area (Å²) in [6.07, 6.45) is -1.63. The number of halogens is 3. The number of carboxylic acids is 1. The Balaban J connectivity index is 1.50. The van der Waals surface area contributed by atoms with Crippen LogP contribution in [-0.2, 0) is 35.1 Å². The molecule has 0 aromatic heterocycles. The average Bonchev–Trinajstić information content (AvgIpc) is 3.07. The molecule has 0 aliphatic carbocycles. The molecular weight excluding hydrogens is 461 g/mol. The molecule has 6 nitrogen and oxygen atoms in total. The third-order valence-electron chi connectivity index (χ3n) is 6.68. The van der Waals surface area contributed by atoms with Crippen LogP contribution in [0.1, 0.15) is 42.0 Å². The molecule has 3 rings (SSSR count). The number of amides is 2. The lowest BCUT2D eigenvalue weighted by Gasteiger charge is -2.23. The predicted molar refractivity (Wildman–Crippen MR) is 125 cm³/mol. The third kappa shape index (κ3) is 6.54. The van der Waals surface area contributed by atoms with Gasteiger partial charge >= 0.3 is 18.2 Å². The number of methoxy groups -OCH3 is 1. The first-order valence-corrected chi connectivity index (χ1v) is 11.5. The number of rotatable bonds is 10. The van der Waals surface area contributed by atoms with Crippen molar-refractivity contribution >= 4 is 12.0 Å². The molecule has 2 aromatic rings. The van der Waals surface area contributed by atoms with Crippen molar-refractivity contribution in [1.82, 2.24) is 9.80 Å². The van der Waals surface area contributed by atoms with E-state index >= 15 is 0 Å². The second-order valence-electron chi connectivity index (χ2n) is 9.25. The van der Waals surface area contributed by atoms with Gasteiger partial charge in [0, 0.05) is 33.7 Å². The van der Waals surface area contributed by atoms with Crippen LogP contribution in [0.2, 0.25) is 0 Å². The lowest BCUT2D eigenvalue weighted by molar-refractivity contribution is -0.159.